The minimum Gasteiger partial charge on any atom is -0.494 e. The van der Waals surface area contributed by atoms with Gasteiger partial charge in [0, 0.05) is 10.9 Å². The molecule has 0 amide bonds. The molecular weight excluding hydrogens is 326 g/mol. The van der Waals surface area contributed by atoms with Gasteiger partial charge in [-0.05, 0) is 52.8 Å². The summed E-state index contributed by atoms with van der Waals surface area (Å²) in [7, 11) is 0. The number of hydrogen-bond acceptors (Lipinski definition) is 4. The molecule has 0 atom stereocenters. The summed E-state index contributed by atoms with van der Waals surface area (Å²) < 4.78 is 5.62. The third-order valence-electron chi connectivity index (χ3n) is 4.85. The maximum absolute atomic E-state index is 5.62. The van der Waals surface area contributed by atoms with E-state index in [1.165, 1.54) is 0 Å². The quantitative estimate of drug-likeness (QED) is 0.580. The summed E-state index contributed by atoms with van der Waals surface area (Å²) in [6, 6.07) is 7.26. The van der Waals surface area contributed by atoms with Gasteiger partial charge >= 0.3 is 0 Å². The van der Waals surface area contributed by atoms with Crippen LogP contribution in [0.2, 0.25) is 0 Å². The van der Waals surface area contributed by atoms with E-state index in [2.05, 4.69) is 48.0 Å². The van der Waals surface area contributed by atoms with Crippen LogP contribution in [0.4, 0.5) is 5.82 Å². The molecule has 0 bridgehead atoms. The summed E-state index contributed by atoms with van der Waals surface area (Å²) in [6.07, 6.45) is 1.63. The highest BCUT2D eigenvalue weighted by Crippen LogP contribution is 2.29. The van der Waals surface area contributed by atoms with Gasteiger partial charge in [-0.25, -0.2) is 9.97 Å². The number of nitrogens with zero attached hydrogens (tertiary/aromatic N) is 2. The predicted molar refractivity (Wildman–Crippen MR) is 107 cm³/mol. The van der Waals surface area contributed by atoms with Gasteiger partial charge in [0.05, 0.1) is 31.8 Å². The first-order chi connectivity index (χ1) is 12.5. The standard InChI is InChI=1S/C20H29N5O/c1-6-26-15-7-8-17-16(11-15)18-19(24-17)20(23-12-22-18)21-9-10-25(13(2)3)14(4)5/h7-8,11-14,24H,6,9-10H2,1-5H3,(H,21,22,23)/p+1. The Morgan fingerprint density at radius 2 is 1.92 bits per heavy atom. The Morgan fingerprint density at radius 1 is 1.15 bits per heavy atom. The second-order valence-electron chi connectivity index (χ2n) is 7.27. The normalized spacial score (nSPS) is 12.0. The number of hydrogen-bond donors (Lipinski definition) is 3. The number of H-pyrrole nitrogens is 1. The first kappa shape index (κ1) is 18.5. The maximum atomic E-state index is 5.62. The van der Waals surface area contributed by atoms with Crippen LogP contribution in [0.3, 0.4) is 0 Å². The van der Waals surface area contributed by atoms with Crippen LogP contribution in [-0.4, -0.2) is 46.7 Å². The van der Waals surface area contributed by atoms with Crippen LogP contribution in [-0.2, 0) is 0 Å². The highest BCUT2D eigenvalue weighted by molar-refractivity contribution is 6.08. The fraction of sp³-hybridized carbons (Fsp3) is 0.500. The maximum Gasteiger partial charge on any atom is 0.154 e. The zero-order valence-electron chi connectivity index (χ0n) is 16.4. The lowest BCUT2D eigenvalue weighted by atomic mass is 10.2. The summed E-state index contributed by atoms with van der Waals surface area (Å²) in [6.45, 7) is 13.6. The van der Waals surface area contributed by atoms with Crippen LogP contribution in [0.1, 0.15) is 34.6 Å². The minimum absolute atomic E-state index is 0.604. The Balaban J connectivity index is 1.84. The molecule has 6 heteroatoms. The second-order valence-corrected chi connectivity index (χ2v) is 7.27. The van der Waals surface area contributed by atoms with Crippen LogP contribution < -0.4 is 15.0 Å². The van der Waals surface area contributed by atoms with E-state index in [0.29, 0.717) is 18.7 Å². The molecule has 26 heavy (non-hydrogen) atoms. The lowest BCUT2D eigenvalue weighted by Crippen LogP contribution is -3.18. The van der Waals surface area contributed by atoms with Crippen molar-refractivity contribution in [2.45, 2.75) is 46.7 Å². The average Bonchev–Trinajstić information content (AvgIpc) is 2.97. The molecule has 0 fully saturated rings. The molecule has 6 nitrogen and oxygen atoms in total. The van der Waals surface area contributed by atoms with Crippen molar-refractivity contribution >= 4 is 27.8 Å². The van der Waals surface area contributed by atoms with Crippen LogP contribution >= 0.6 is 0 Å². The second kappa shape index (κ2) is 7.91. The summed E-state index contributed by atoms with van der Waals surface area (Å²) >= 11 is 0. The van der Waals surface area contributed by atoms with Crippen LogP contribution in [0.5, 0.6) is 5.75 Å². The van der Waals surface area contributed by atoms with Crippen LogP contribution in [0.25, 0.3) is 21.9 Å². The number of quaternary nitrogens is 1. The lowest BCUT2D eigenvalue weighted by molar-refractivity contribution is -0.940. The highest BCUT2D eigenvalue weighted by Gasteiger charge is 2.17. The molecule has 2 aromatic heterocycles. The Kier molecular flexibility index (Phi) is 5.61. The fourth-order valence-corrected chi connectivity index (χ4v) is 3.63. The van der Waals surface area contributed by atoms with Gasteiger partial charge in [0.25, 0.3) is 0 Å². The van der Waals surface area contributed by atoms with E-state index in [1.54, 1.807) is 11.2 Å². The van der Waals surface area contributed by atoms with Crippen molar-refractivity contribution < 1.29 is 9.64 Å². The molecule has 0 radical (unpaired) electrons. The fourth-order valence-electron chi connectivity index (χ4n) is 3.63. The molecule has 0 unspecified atom stereocenters. The van der Waals surface area contributed by atoms with Crippen molar-refractivity contribution in [1.29, 1.82) is 0 Å². The van der Waals surface area contributed by atoms with Crippen molar-refractivity contribution in [1.82, 2.24) is 15.0 Å². The van der Waals surface area contributed by atoms with E-state index in [-0.39, 0.29) is 0 Å². The summed E-state index contributed by atoms with van der Waals surface area (Å²) in [5, 5.41) is 4.56. The molecule has 3 rings (SSSR count). The third kappa shape index (κ3) is 3.75. The van der Waals surface area contributed by atoms with Crippen LogP contribution in [0, 0.1) is 0 Å². The molecule has 0 spiro atoms. The topological polar surface area (TPSA) is 67.3 Å². The Hall–Kier alpha value is -2.34. The molecule has 3 N–H and O–H groups in total. The van der Waals surface area contributed by atoms with Gasteiger partial charge in [-0.1, -0.05) is 0 Å². The van der Waals surface area contributed by atoms with Gasteiger partial charge in [0.1, 0.15) is 23.1 Å². The summed E-state index contributed by atoms with van der Waals surface area (Å²) in [5.74, 6) is 1.72. The van der Waals surface area contributed by atoms with Gasteiger partial charge in [0.2, 0.25) is 0 Å². The van der Waals surface area contributed by atoms with E-state index < -0.39 is 0 Å². The van der Waals surface area contributed by atoms with Crippen LogP contribution in [0.15, 0.2) is 24.5 Å². The number of nitrogens with one attached hydrogen (secondary N) is 3. The largest absolute Gasteiger partial charge is 0.494 e. The Labute approximate surface area is 155 Å². The van der Waals surface area contributed by atoms with E-state index in [0.717, 1.165) is 46.6 Å². The molecule has 3 aromatic rings. The molecule has 2 heterocycles. The predicted octanol–water partition coefficient (Wildman–Crippen LogP) is 2.62. The van der Waals surface area contributed by atoms with E-state index in [9.17, 15) is 0 Å². The van der Waals surface area contributed by atoms with E-state index in [1.807, 2.05) is 25.1 Å². The summed E-state index contributed by atoms with van der Waals surface area (Å²) in [4.78, 5) is 14.0. The molecule has 140 valence electrons. The van der Waals surface area contributed by atoms with E-state index >= 15 is 0 Å². The Morgan fingerprint density at radius 3 is 2.62 bits per heavy atom. The number of ether oxygens (including phenoxy) is 1. The summed E-state index contributed by atoms with van der Waals surface area (Å²) in [5.41, 5.74) is 2.92. The monoisotopic (exact) mass is 356 g/mol. The van der Waals surface area contributed by atoms with Crippen molar-refractivity contribution in [2.24, 2.45) is 0 Å². The Bertz CT molecular complexity index is 863. The molecule has 0 aliphatic carbocycles. The van der Waals surface area contributed by atoms with Crippen molar-refractivity contribution in [2.75, 3.05) is 25.0 Å². The highest BCUT2D eigenvalue weighted by atomic mass is 16.5. The number of aromatic amines is 1. The molecular formula is C20H30N5O+. The van der Waals surface area contributed by atoms with Crippen molar-refractivity contribution in [3.8, 4) is 5.75 Å². The van der Waals surface area contributed by atoms with E-state index in [4.69, 9.17) is 4.74 Å². The zero-order chi connectivity index (χ0) is 18.7. The molecule has 0 aliphatic heterocycles. The smallest absolute Gasteiger partial charge is 0.154 e. The average molecular weight is 356 g/mol. The van der Waals surface area contributed by atoms with Crippen molar-refractivity contribution in [3.63, 3.8) is 0 Å². The van der Waals surface area contributed by atoms with Gasteiger partial charge in [-0.3, -0.25) is 0 Å². The number of benzene rings is 1. The molecule has 0 aliphatic rings. The van der Waals surface area contributed by atoms with Gasteiger partial charge in [-0.15, -0.1) is 0 Å². The SMILES string of the molecule is CCOc1ccc2[nH]c3c(NCC[NH+](C(C)C)C(C)C)ncnc3c2c1. The zero-order valence-corrected chi connectivity index (χ0v) is 16.4. The molecule has 0 saturated carbocycles. The first-order valence-corrected chi connectivity index (χ1v) is 9.50. The molecule has 0 saturated heterocycles. The molecule has 1 aromatic carbocycles. The van der Waals surface area contributed by atoms with Crippen molar-refractivity contribution in [3.05, 3.63) is 24.5 Å². The number of anilines is 1. The number of rotatable bonds is 8. The number of fused-ring (bicyclic) bond motifs is 3. The third-order valence-corrected chi connectivity index (χ3v) is 4.85. The first-order valence-electron chi connectivity index (χ1n) is 9.50. The number of aromatic nitrogens is 3. The van der Waals surface area contributed by atoms with Gasteiger partial charge in [-0.2, -0.15) is 0 Å². The minimum atomic E-state index is 0.604. The van der Waals surface area contributed by atoms with Gasteiger partial charge < -0.3 is 19.9 Å². The van der Waals surface area contributed by atoms with Gasteiger partial charge in [0.15, 0.2) is 5.82 Å². The lowest BCUT2D eigenvalue weighted by Gasteiger charge is -2.27.